The molecule has 25 heavy (non-hydrogen) atoms. The molecular weight excluding hydrogens is 325 g/mol. The first kappa shape index (κ1) is 17.0. The Bertz CT molecular complexity index is 806. The first-order valence-corrected chi connectivity index (χ1v) is 8.02. The van der Waals surface area contributed by atoms with Crippen LogP contribution < -0.4 is 4.74 Å². The molecule has 0 N–H and O–H groups in total. The zero-order valence-electron chi connectivity index (χ0n) is 13.8. The van der Waals surface area contributed by atoms with Crippen LogP contribution in [0.4, 0.5) is 4.39 Å². The van der Waals surface area contributed by atoms with E-state index in [1.54, 1.807) is 37.3 Å². The normalized spacial score (nSPS) is 12.9. The van der Waals surface area contributed by atoms with E-state index in [1.165, 1.54) is 17.0 Å². The molecule has 1 heterocycles. The molecule has 0 saturated carbocycles. The number of nitrogens with zero attached hydrogens (tertiary/aromatic N) is 1. The highest BCUT2D eigenvalue weighted by Gasteiger charge is 2.29. The molecule has 0 unspecified atom stereocenters. The molecule has 0 saturated heterocycles. The van der Waals surface area contributed by atoms with Crippen LogP contribution in [-0.4, -0.2) is 29.9 Å². The second kappa shape index (κ2) is 7.34. The van der Waals surface area contributed by atoms with Crippen molar-refractivity contribution < 1.29 is 23.5 Å². The highest BCUT2D eigenvalue weighted by atomic mass is 19.1. The standard InChI is InChI=1S/C19H18FNO4/c1-2-24-18(22)11-21-10-14-9-16(6-7-17(14)19(21)23)25-12-13-4-3-5-15(20)8-13/h3-9H,2,10-12H2,1H3. The maximum absolute atomic E-state index is 13.2. The number of esters is 1. The van der Waals surface area contributed by atoms with Crippen LogP contribution in [0.5, 0.6) is 5.75 Å². The van der Waals surface area contributed by atoms with E-state index in [1.807, 2.05) is 0 Å². The van der Waals surface area contributed by atoms with E-state index in [4.69, 9.17) is 9.47 Å². The van der Waals surface area contributed by atoms with Crippen LogP contribution in [0.25, 0.3) is 0 Å². The SMILES string of the molecule is CCOC(=O)CN1Cc2cc(OCc3cccc(F)c3)ccc2C1=O. The summed E-state index contributed by atoms with van der Waals surface area (Å²) in [6.45, 7) is 2.51. The molecule has 0 bridgehead atoms. The smallest absolute Gasteiger partial charge is 0.325 e. The second-order valence-electron chi connectivity index (χ2n) is 5.70. The number of halogens is 1. The first-order valence-electron chi connectivity index (χ1n) is 8.02. The van der Waals surface area contributed by atoms with Crippen LogP contribution >= 0.6 is 0 Å². The predicted molar refractivity (Wildman–Crippen MR) is 88.5 cm³/mol. The van der Waals surface area contributed by atoms with Crippen molar-refractivity contribution in [3.63, 3.8) is 0 Å². The molecule has 0 atom stereocenters. The van der Waals surface area contributed by atoms with Crippen LogP contribution in [-0.2, 0) is 22.7 Å². The number of rotatable bonds is 6. The molecule has 1 amide bonds. The van der Waals surface area contributed by atoms with Gasteiger partial charge >= 0.3 is 5.97 Å². The Morgan fingerprint density at radius 1 is 1.24 bits per heavy atom. The minimum absolute atomic E-state index is 0.0686. The van der Waals surface area contributed by atoms with Gasteiger partial charge in [0, 0.05) is 12.1 Å². The summed E-state index contributed by atoms with van der Waals surface area (Å²) in [5, 5.41) is 0. The Kier molecular flexibility index (Phi) is 4.97. The Balaban J connectivity index is 1.66. The molecule has 5 nitrogen and oxygen atoms in total. The summed E-state index contributed by atoms with van der Waals surface area (Å²) in [4.78, 5) is 25.3. The van der Waals surface area contributed by atoms with Gasteiger partial charge in [0.25, 0.3) is 5.91 Å². The van der Waals surface area contributed by atoms with Crippen LogP contribution in [0.15, 0.2) is 42.5 Å². The van der Waals surface area contributed by atoms with Crippen molar-refractivity contribution in [2.75, 3.05) is 13.2 Å². The molecule has 2 aromatic carbocycles. The van der Waals surface area contributed by atoms with Gasteiger partial charge in [-0.05, 0) is 48.4 Å². The summed E-state index contributed by atoms with van der Waals surface area (Å²) in [6.07, 6.45) is 0. The van der Waals surface area contributed by atoms with E-state index >= 15 is 0 Å². The van der Waals surface area contributed by atoms with Crippen molar-refractivity contribution >= 4 is 11.9 Å². The molecule has 0 fully saturated rings. The van der Waals surface area contributed by atoms with Gasteiger partial charge in [-0.3, -0.25) is 9.59 Å². The minimum Gasteiger partial charge on any atom is -0.489 e. The fourth-order valence-electron chi connectivity index (χ4n) is 2.73. The van der Waals surface area contributed by atoms with Gasteiger partial charge in [0.1, 0.15) is 24.7 Å². The molecular formula is C19H18FNO4. The van der Waals surface area contributed by atoms with E-state index in [-0.39, 0.29) is 31.5 Å². The fraction of sp³-hybridized carbons (Fsp3) is 0.263. The number of carbonyl (C=O) groups is 2. The van der Waals surface area contributed by atoms with Gasteiger partial charge < -0.3 is 14.4 Å². The Hall–Kier alpha value is -2.89. The Morgan fingerprint density at radius 3 is 2.84 bits per heavy atom. The molecule has 2 aromatic rings. The first-order chi connectivity index (χ1) is 12.1. The van der Waals surface area contributed by atoms with Crippen molar-refractivity contribution in [2.24, 2.45) is 0 Å². The molecule has 1 aliphatic heterocycles. The van der Waals surface area contributed by atoms with Crippen LogP contribution in [0, 0.1) is 5.82 Å². The Morgan fingerprint density at radius 2 is 2.08 bits per heavy atom. The van der Waals surface area contributed by atoms with Crippen molar-refractivity contribution in [3.05, 3.63) is 65.0 Å². The van der Waals surface area contributed by atoms with Gasteiger partial charge in [-0.2, -0.15) is 0 Å². The summed E-state index contributed by atoms with van der Waals surface area (Å²) < 4.78 is 23.7. The van der Waals surface area contributed by atoms with Crippen molar-refractivity contribution in [3.8, 4) is 5.75 Å². The third-order valence-electron chi connectivity index (χ3n) is 3.88. The lowest BCUT2D eigenvalue weighted by Crippen LogP contribution is -2.31. The average Bonchev–Trinajstić information content (AvgIpc) is 2.89. The molecule has 0 spiro atoms. The summed E-state index contributed by atoms with van der Waals surface area (Å²) in [5.41, 5.74) is 2.08. The van der Waals surface area contributed by atoms with E-state index < -0.39 is 5.97 Å². The third kappa shape index (κ3) is 3.96. The van der Waals surface area contributed by atoms with Gasteiger partial charge in [0.15, 0.2) is 0 Å². The summed E-state index contributed by atoms with van der Waals surface area (Å²) in [6, 6.07) is 11.4. The number of ether oxygens (including phenoxy) is 2. The monoisotopic (exact) mass is 343 g/mol. The molecule has 0 aromatic heterocycles. The summed E-state index contributed by atoms with van der Waals surface area (Å²) >= 11 is 0. The number of hydrogen-bond donors (Lipinski definition) is 0. The van der Waals surface area contributed by atoms with Crippen molar-refractivity contribution in [1.29, 1.82) is 0 Å². The molecule has 6 heteroatoms. The van der Waals surface area contributed by atoms with Gasteiger partial charge in [0.2, 0.25) is 0 Å². The van der Waals surface area contributed by atoms with E-state index in [0.29, 0.717) is 17.9 Å². The topological polar surface area (TPSA) is 55.8 Å². The van der Waals surface area contributed by atoms with E-state index in [0.717, 1.165) is 11.1 Å². The van der Waals surface area contributed by atoms with Crippen molar-refractivity contribution in [2.45, 2.75) is 20.1 Å². The summed E-state index contributed by atoms with van der Waals surface area (Å²) in [5.74, 6) is -0.338. The molecule has 0 radical (unpaired) electrons. The second-order valence-corrected chi connectivity index (χ2v) is 5.70. The van der Waals surface area contributed by atoms with Crippen LogP contribution in [0.1, 0.15) is 28.4 Å². The highest BCUT2D eigenvalue weighted by molar-refractivity contribution is 6.00. The average molecular weight is 343 g/mol. The molecule has 0 aliphatic carbocycles. The van der Waals surface area contributed by atoms with Gasteiger partial charge in [-0.1, -0.05) is 12.1 Å². The zero-order chi connectivity index (χ0) is 17.8. The fourth-order valence-corrected chi connectivity index (χ4v) is 2.73. The molecule has 130 valence electrons. The highest BCUT2D eigenvalue weighted by Crippen LogP contribution is 2.27. The number of hydrogen-bond acceptors (Lipinski definition) is 4. The molecule has 1 aliphatic rings. The number of benzene rings is 2. The number of amides is 1. The number of fused-ring (bicyclic) bond motifs is 1. The van der Waals surface area contributed by atoms with Gasteiger partial charge in [-0.25, -0.2) is 4.39 Å². The summed E-state index contributed by atoms with van der Waals surface area (Å²) in [7, 11) is 0. The zero-order valence-corrected chi connectivity index (χ0v) is 13.8. The van der Waals surface area contributed by atoms with E-state index in [2.05, 4.69) is 0 Å². The van der Waals surface area contributed by atoms with Gasteiger partial charge in [0.05, 0.1) is 6.61 Å². The van der Waals surface area contributed by atoms with Crippen molar-refractivity contribution in [1.82, 2.24) is 4.90 Å². The lowest BCUT2D eigenvalue weighted by molar-refractivity contribution is -0.143. The minimum atomic E-state index is -0.425. The van der Waals surface area contributed by atoms with Crippen LogP contribution in [0.3, 0.4) is 0 Å². The third-order valence-corrected chi connectivity index (χ3v) is 3.88. The quantitative estimate of drug-likeness (QED) is 0.757. The predicted octanol–water partition coefficient (Wildman–Crippen LogP) is 2.92. The maximum Gasteiger partial charge on any atom is 0.325 e. The number of carbonyl (C=O) groups excluding carboxylic acids is 2. The largest absolute Gasteiger partial charge is 0.489 e. The molecule has 3 rings (SSSR count). The maximum atomic E-state index is 13.2. The Labute approximate surface area is 145 Å². The van der Waals surface area contributed by atoms with Gasteiger partial charge in [-0.15, -0.1) is 0 Å². The lowest BCUT2D eigenvalue weighted by Gasteiger charge is -2.13. The van der Waals surface area contributed by atoms with E-state index in [9.17, 15) is 14.0 Å². The van der Waals surface area contributed by atoms with Crippen LogP contribution in [0.2, 0.25) is 0 Å². The lowest BCUT2D eigenvalue weighted by atomic mass is 10.1.